The standard InChI is InChI=1S/C10H16O4/c1-3-5-6-10(13-7-4-2)8-12-9(11)14-10/h4H,2-3,5-8H2,1H3. The van der Waals surface area contributed by atoms with Crippen molar-refractivity contribution in [1.29, 1.82) is 0 Å². The molecule has 80 valence electrons. The molecule has 0 bridgehead atoms. The van der Waals surface area contributed by atoms with Gasteiger partial charge in [0.25, 0.3) is 5.79 Å². The predicted molar refractivity (Wildman–Crippen MR) is 50.8 cm³/mol. The molecule has 1 fully saturated rings. The molecule has 0 aromatic heterocycles. The third-order valence-electron chi connectivity index (χ3n) is 2.05. The third kappa shape index (κ3) is 2.73. The molecule has 1 rings (SSSR count). The Morgan fingerprint density at radius 1 is 1.71 bits per heavy atom. The second-order valence-electron chi connectivity index (χ2n) is 3.25. The van der Waals surface area contributed by atoms with Crippen molar-refractivity contribution in [1.82, 2.24) is 0 Å². The Hall–Kier alpha value is -1.03. The Morgan fingerprint density at radius 3 is 3.00 bits per heavy atom. The number of unbranched alkanes of at least 4 members (excludes halogenated alkanes) is 1. The van der Waals surface area contributed by atoms with Gasteiger partial charge in [-0.15, -0.1) is 6.58 Å². The largest absolute Gasteiger partial charge is 0.511 e. The first kappa shape index (κ1) is 11.0. The normalized spacial score (nSPS) is 25.6. The smallest absolute Gasteiger partial charge is 0.427 e. The van der Waals surface area contributed by atoms with E-state index >= 15 is 0 Å². The first-order valence-electron chi connectivity index (χ1n) is 4.83. The van der Waals surface area contributed by atoms with E-state index in [0.717, 1.165) is 12.8 Å². The minimum absolute atomic E-state index is 0.180. The topological polar surface area (TPSA) is 44.8 Å². The maximum atomic E-state index is 10.8. The van der Waals surface area contributed by atoms with Gasteiger partial charge >= 0.3 is 6.16 Å². The van der Waals surface area contributed by atoms with Crippen LogP contribution >= 0.6 is 0 Å². The second-order valence-corrected chi connectivity index (χ2v) is 3.25. The lowest BCUT2D eigenvalue weighted by Gasteiger charge is -2.24. The molecule has 1 saturated heterocycles. The van der Waals surface area contributed by atoms with Crippen molar-refractivity contribution in [3.8, 4) is 0 Å². The summed E-state index contributed by atoms with van der Waals surface area (Å²) in [5.74, 6) is -0.874. The molecule has 0 aromatic carbocycles. The molecule has 1 atom stereocenters. The number of hydrogen-bond donors (Lipinski definition) is 0. The molecule has 4 nitrogen and oxygen atoms in total. The number of rotatable bonds is 6. The van der Waals surface area contributed by atoms with E-state index in [-0.39, 0.29) is 6.61 Å². The molecular weight excluding hydrogens is 184 g/mol. The van der Waals surface area contributed by atoms with Gasteiger partial charge in [0.05, 0.1) is 6.61 Å². The summed E-state index contributed by atoms with van der Waals surface area (Å²) in [5, 5.41) is 0. The summed E-state index contributed by atoms with van der Waals surface area (Å²) in [6.45, 7) is 6.16. The molecule has 1 aliphatic heterocycles. The lowest BCUT2D eigenvalue weighted by atomic mass is 10.1. The molecular formula is C10H16O4. The molecule has 0 spiro atoms. The lowest BCUT2D eigenvalue weighted by molar-refractivity contribution is -0.177. The van der Waals surface area contributed by atoms with E-state index in [2.05, 4.69) is 13.5 Å². The number of carbonyl (C=O) groups excluding carboxylic acids is 1. The molecule has 0 aliphatic carbocycles. The summed E-state index contributed by atoms with van der Waals surface area (Å²) in [6.07, 6.45) is 3.61. The minimum Gasteiger partial charge on any atom is -0.427 e. The summed E-state index contributed by atoms with van der Waals surface area (Å²) in [4.78, 5) is 10.8. The van der Waals surface area contributed by atoms with Crippen LogP contribution in [0.25, 0.3) is 0 Å². The van der Waals surface area contributed by atoms with Gasteiger partial charge in [0.1, 0.15) is 0 Å². The van der Waals surface area contributed by atoms with Gasteiger partial charge < -0.3 is 14.2 Å². The molecule has 0 aromatic rings. The van der Waals surface area contributed by atoms with Crippen molar-refractivity contribution in [2.45, 2.75) is 32.0 Å². The van der Waals surface area contributed by atoms with Gasteiger partial charge in [-0.1, -0.05) is 19.4 Å². The summed E-state index contributed by atoms with van der Waals surface area (Å²) >= 11 is 0. The molecule has 0 amide bonds. The van der Waals surface area contributed by atoms with Crippen LogP contribution in [-0.4, -0.2) is 25.2 Å². The first-order chi connectivity index (χ1) is 6.72. The molecule has 0 radical (unpaired) electrons. The molecule has 1 unspecified atom stereocenters. The Labute approximate surface area is 83.8 Å². The van der Waals surface area contributed by atoms with E-state index < -0.39 is 11.9 Å². The van der Waals surface area contributed by atoms with E-state index in [0.29, 0.717) is 13.0 Å². The summed E-state index contributed by atoms with van der Waals surface area (Å²) in [5.41, 5.74) is 0. The highest BCUT2D eigenvalue weighted by atomic mass is 16.8. The van der Waals surface area contributed by atoms with Crippen molar-refractivity contribution in [2.75, 3.05) is 13.2 Å². The summed E-state index contributed by atoms with van der Waals surface area (Å²) < 4.78 is 15.2. The summed E-state index contributed by atoms with van der Waals surface area (Å²) in [7, 11) is 0. The zero-order valence-corrected chi connectivity index (χ0v) is 8.45. The molecule has 14 heavy (non-hydrogen) atoms. The molecule has 4 heteroatoms. The molecule has 0 N–H and O–H groups in total. The van der Waals surface area contributed by atoms with Crippen LogP contribution in [0.15, 0.2) is 12.7 Å². The Bertz CT molecular complexity index is 214. The number of carbonyl (C=O) groups is 1. The van der Waals surface area contributed by atoms with Crippen LogP contribution in [0.1, 0.15) is 26.2 Å². The SMILES string of the molecule is C=CCOC1(CCCC)COC(=O)O1. The monoisotopic (exact) mass is 200 g/mol. The van der Waals surface area contributed by atoms with Crippen LogP contribution in [0.2, 0.25) is 0 Å². The number of ether oxygens (including phenoxy) is 3. The van der Waals surface area contributed by atoms with Crippen molar-refractivity contribution in [2.24, 2.45) is 0 Å². The summed E-state index contributed by atoms with van der Waals surface area (Å²) in [6, 6.07) is 0. The Morgan fingerprint density at radius 2 is 2.50 bits per heavy atom. The van der Waals surface area contributed by atoms with Gasteiger partial charge in [-0.2, -0.15) is 0 Å². The maximum Gasteiger partial charge on any atom is 0.511 e. The van der Waals surface area contributed by atoms with Crippen LogP contribution < -0.4 is 0 Å². The lowest BCUT2D eigenvalue weighted by Crippen LogP contribution is -2.35. The molecule has 1 aliphatic rings. The average Bonchev–Trinajstić information content (AvgIpc) is 2.55. The van der Waals surface area contributed by atoms with Crippen LogP contribution in [0.5, 0.6) is 0 Å². The van der Waals surface area contributed by atoms with E-state index in [4.69, 9.17) is 14.2 Å². The van der Waals surface area contributed by atoms with Gasteiger partial charge in [0.15, 0.2) is 6.61 Å². The van der Waals surface area contributed by atoms with Gasteiger partial charge in [0, 0.05) is 6.42 Å². The fourth-order valence-electron chi connectivity index (χ4n) is 1.30. The van der Waals surface area contributed by atoms with Crippen molar-refractivity contribution >= 4 is 6.16 Å². The van der Waals surface area contributed by atoms with Crippen LogP contribution in [0, 0.1) is 0 Å². The van der Waals surface area contributed by atoms with Gasteiger partial charge in [-0.05, 0) is 6.42 Å². The fourth-order valence-corrected chi connectivity index (χ4v) is 1.30. The van der Waals surface area contributed by atoms with Crippen LogP contribution in [-0.2, 0) is 14.2 Å². The predicted octanol–water partition coefficient (Wildman–Crippen LogP) is 2.24. The van der Waals surface area contributed by atoms with Crippen molar-refractivity contribution < 1.29 is 19.0 Å². The number of hydrogen-bond acceptors (Lipinski definition) is 4. The Kier molecular flexibility index (Phi) is 3.95. The van der Waals surface area contributed by atoms with E-state index in [1.807, 2.05) is 0 Å². The molecule has 1 heterocycles. The van der Waals surface area contributed by atoms with E-state index in [9.17, 15) is 4.79 Å². The average molecular weight is 200 g/mol. The quantitative estimate of drug-likeness (QED) is 0.487. The highest BCUT2D eigenvalue weighted by Crippen LogP contribution is 2.27. The van der Waals surface area contributed by atoms with Gasteiger partial charge in [-0.3, -0.25) is 0 Å². The number of cyclic esters (lactones) is 2. The second kappa shape index (κ2) is 5.00. The Balaban J connectivity index is 2.50. The fraction of sp³-hybridized carbons (Fsp3) is 0.700. The highest BCUT2D eigenvalue weighted by Gasteiger charge is 2.42. The zero-order valence-electron chi connectivity index (χ0n) is 8.45. The van der Waals surface area contributed by atoms with Crippen molar-refractivity contribution in [3.05, 3.63) is 12.7 Å². The third-order valence-corrected chi connectivity index (χ3v) is 2.05. The van der Waals surface area contributed by atoms with E-state index in [1.165, 1.54) is 0 Å². The highest BCUT2D eigenvalue weighted by molar-refractivity contribution is 5.62. The zero-order chi connectivity index (χ0) is 10.4. The first-order valence-corrected chi connectivity index (χ1v) is 4.83. The van der Waals surface area contributed by atoms with Crippen LogP contribution in [0.3, 0.4) is 0 Å². The molecule has 0 saturated carbocycles. The minimum atomic E-state index is -0.874. The van der Waals surface area contributed by atoms with Gasteiger partial charge in [-0.25, -0.2) is 4.79 Å². The van der Waals surface area contributed by atoms with E-state index in [1.54, 1.807) is 6.08 Å². The maximum absolute atomic E-state index is 10.8. The van der Waals surface area contributed by atoms with Gasteiger partial charge in [0.2, 0.25) is 0 Å². The van der Waals surface area contributed by atoms with Crippen LogP contribution in [0.4, 0.5) is 4.79 Å². The van der Waals surface area contributed by atoms with Crippen molar-refractivity contribution in [3.63, 3.8) is 0 Å².